The first-order chi connectivity index (χ1) is 9.22. The standard InChI is InChI=1S/C15H22N2OS/c1-11(10-19-2)9-17-15(18)13-7-8-16-14-6-4-3-5-12(13)14/h3-6,11,13,16H,7-10H2,1-2H3,(H,17,18). The smallest absolute Gasteiger partial charge is 0.227 e. The van der Waals surface area contributed by atoms with Crippen LogP contribution in [0.5, 0.6) is 0 Å². The number of carbonyl (C=O) groups excluding carboxylic acids is 1. The third-order valence-corrected chi connectivity index (χ3v) is 4.38. The summed E-state index contributed by atoms with van der Waals surface area (Å²) >= 11 is 1.82. The lowest BCUT2D eigenvalue weighted by atomic mass is 9.90. The Morgan fingerprint density at radius 3 is 3.11 bits per heavy atom. The summed E-state index contributed by atoms with van der Waals surface area (Å²) in [5.74, 6) is 1.78. The molecule has 0 bridgehead atoms. The third kappa shape index (κ3) is 3.66. The monoisotopic (exact) mass is 278 g/mol. The van der Waals surface area contributed by atoms with Crippen molar-refractivity contribution < 1.29 is 4.79 Å². The molecule has 1 aromatic carbocycles. The van der Waals surface area contributed by atoms with Crippen molar-refractivity contribution in [2.75, 3.05) is 30.4 Å². The van der Waals surface area contributed by atoms with E-state index in [0.29, 0.717) is 5.92 Å². The molecule has 2 atom stereocenters. The number of benzene rings is 1. The van der Waals surface area contributed by atoms with Gasteiger partial charge in [0.25, 0.3) is 0 Å². The molecular formula is C15H22N2OS. The number of thioether (sulfide) groups is 1. The molecule has 104 valence electrons. The highest BCUT2D eigenvalue weighted by Crippen LogP contribution is 2.31. The van der Waals surface area contributed by atoms with E-state index in [-0.39, 0.29) is 11.8 Å². The summed E-state index contributed by atoms with van der Waals surface area (Å²) in [6.45, 7) is 3.81. The van der Waals surface area contributed by atoms with Gasteiger partial charge in [-0.1, -0.05) is 25.1 Å². The topological polar surface area (TPSA) is 41.1 Å². The Morgan fingerprint density at radius 2 is 2.32 bits per heavy atom. The predicted octanol–water partition coefficient (Wildman–Crippen LogP) is 2.70. The van der Waals surface area contributed by atoms with Gasteiger partial charge in [0.2, 0.25) is 5.91 Å². The van der Waals surface area contributed by atoms with E-state index in [1.165, 1.54) is 0 Å². The Kier molecular flexibility index (Phi) is 5.14. The Hall–Kier alpha value is -1.16. The van der Waals surface area contributed by atoms with Gasteiger partial charge in [0.05, 0.1) is 5.92 Å². The largest absolute Gasteiger partial charge is 0.385 e. The van der Waals surface area contributed by atoms with Crippen LogP contribution in [0.4, 0.5) is 5.69 Å². The molecule has 0 saturated carbocycles. The Bertz CT molecular complexity index is 436. The molecule has 0 radical (unpaired) electrons. The Balaban J connectivity index is 1.97. The first-order valence-electron chi connectivity index (χ1n) is 6.81. The molecule has 0 saturated heterocycles. The number of carbonyl (C=O) groups is 1. The van der Waals surface area contributed by atoms with Crippen LogP contribution < -0.4 is 10.6 Å². The van der Waals surface area contributed by atoms with E-state index in [9.17, 15) is 4.79 Å². The lowest BCUT2D eigenvalue weighted by Gasteiger charge is -2.26. The van der Waals surface area contributed by atoms with Crippen LogP contribution in [-0.2, 0) is 4.79 Å². The van der Waals surface area contributed by atoms with E-state index >= 15 is 0 Å². The van der Waals surface area contributed by atoms with Gasteiger partial charge in [-0.25, -0.2) is 0 Å². The fourth-order valence-electron chi connectivity index (χ4n) is 2.48. The Morgan fingerprint density at radius 1 is 1.53 bits per heavy atom. The zero-order valence-corrected chi connectivity index (χ0v) is 12.4. The van der Waals surface area contributed by atoms with Gasteiger partial charge in [-0.3, -0.25) is 4.79 Å². The van der Waals surface area contributed by atoms with Gasteiger partial charge >= 0.3 is 0 Å². The number of rotatable bonds is 5. The summed E-state index contributed by atoms with van der Waals surface area (Å²) in [7, 11) is 0. The van der Waals surface area contributed by atoms with Gasteiger partial charge in [-0.05, 0) is 36.0 Å². The van der Waals surface area contributed by atoms with E-state index in [1.807, 2.05) is 30.0 Å². The number of hydrogen-bond donors (Lipinski definition) is 2. The molecule has 19 heavy (non-hydrogen) atoms. The fraction of sp³-hybridized carbons (Fsp3) is 0.533. The molecule has 2 N–H and O–H groups in total. The molecule has 4 heteroatoms. The number of para-hydroxylation sites is 1. The van der Waals surface area contributed by atoms with E-state index in [0.717, 1.165) is 36.5 Å². The maximum atomic E-state index is 12.3. The molecule has 1 amide bonds. The van der Waals surface area contributed by atoms with Crippen LogP contribution >= 0.6 is 11.8 Å². The van der Waals surface area contributed by atoms with Crippen LogP contribution in [0.25, 0.3) is 0 Å². The third-order valence-electron chi connectivity index (χ3n) is 3.48. The lowest BCUT2D eigenvalue weighted by Crippen LogP contribution is -2.35. The molecule has 2 unspecified atom stereocenters. The van der Waals surface area contributed by atoms with E-state index in [4.69, 9.17) is 0 Å². The minimum absolute atomic E-state index is 0.000991. The SMILES string of the molecule is CSCC(C)CNC(=O)C1CCNc2ccccc21. The molecule has 1 heterocycles. The van der Waals surface area contributed by atoms with Crippen molar-refractivity contribution >= 4 is 23.4 Å². The summed E-state index contributed by atoms with van der Waals surface area (Å²) in [4.78, 5) is 12.3. The van der Waals surface area contributed by atoms with E-state index < -0.39 is 0 Å². The van der Waals surface area contributed by atoms with E-state index in [2.05, 4.69) is 29.9 Å². The minimum Gasteiger partial charge on any atom is -0.385 e. The van der Waals surface area contributed by atoms with Gasteiger partial charge in [-0.2, -0.15) is 11.8 Å². The summed E-state index contributed by atoms with van der Waals surface area (Å²) in [6.07, 6.45) is 2.97. The highest BCUT2D eigenvalue weighted by atomic mass is 32.2. The molecule has 0 fully saturated rings. The van der Waals surface area contributed by atoms with Crippen LogP contribution in [-0.4, -0.2) is 31.0 Å². The van der Waals surface area contributed by atoms with Gasteiger partial charge < -0.3 is 10.6 Å². The number of amides is 1. The zero-order chi connectivity index (χ0) is 13.7. The van der Waals surface area contributed by atoms with Gasteiger partial charge in [0, 0.05) is 18.8 Å². The van der Waals surface area contributed by atoms with Crippen LogP contribution in [0.3, 0.4) is 0 Å². The van der Waals surface area contributed by atoms with Crippen LogP contribution in [0, 0.1) is 5.92 Å². The molecule has 0 spiro atoms. The number of nitrogens with one attached hydrogen (secondary N) is 2. The van der Waals surface area contributed by atoms with Gasteiger partial charge in [-0.15, -0.1) is 0 Å². The van der Waals surface area contributed by atoms with Crippen molar-refractivity contribution in [1.29, 1.82) is 0 Å². The molecule has 3 nitrogen and oxygen atoms in total. The molecule has 2 rings (SSSR count). The average molecular weight is 278 g/mol. The van der Waals surface area contributed by atoms with Crippen LogP contribution in [0.1, 0.15) is 24.8 Å². The van der Waals surface area contributed by atoms with Crippen molar-refractivity contribution in [3.63, 3.8) is 0 Å². The van der Waals surface area contributed by atoms with Crippen molar-refractivity contribution in [1.82, 2.24) is 5.32 Å². The summed E-state index contributed by atoms with van der Waals surface area (Å²) in [6, 6.07) is 8.11. The van der Waals surface area contributed by atoms with Gasteiger partial charge in [0.1, 0.15) is 0 Å². The number of fused-ring (bicyclic) bond motifs is 1. The van der Waals surface area contributed by atoms with Crippen LogP contribution in [0.15, 0.2) is 24.3 Å². The quantitative estimate of drug-likeness (QED) is 0.870. The second kappa shape index (κ2) is 6.85. The molecule has 1 aliphatic rings. The molecule has 1 aliphatic heterocycles. The summed E-state index contributed by atoms with van der Waals surface area (Å²) in [5, 5.41) is 6.45. The second-order valence-corrected chi connectivity index (χ2v) is 6.07. The first kappa shape index (κ1) is 14.3. The fourth-order valence-corrected chi connectivity index (χ4v) is 3.17. The highest BCUT2D eigenvalue weighted by Gasteiger charge is 2.25. The van der Waals surface area contributed by atoms with Crippen LogP contribution in [0.2, 0.25) is 0 Å². The minimum atomic E-state index is -0.000991. The molecule has 0 aliphatic carbocycles. The predicted molar refractivity (Wildman–Crippen MR) is 82.8 cm³/mol. The summed E-state index contributed by atoms with van der Waals surface area (Å²) in [5.41, 5.74) is 2.23. The van der Waals surface area contributed by atoms with Crippen molar-refractivity contribution in [2.45, 2.75) is 19.3 Å². The van der Waals surface area contributed by atoms with Crippen molar-refractivity contribution in [3.8, 4) is 0 Å². The lowest BCUT2D eigenvalue weighted by molar-refractivity contribution is -0.122. The number of anilines is 1. The maximum Gasteiger partial charge on any atom is 0.227 e. The Labute approximate surface area is 119 Å². The second-order valence-electron chi connectivity index (χ2n) is 5.16. The average Bonchev–Trinajstić information content (AvgIpc) is 2.44. The van der Waals surface area contributed by atoms with Crippen molar-refractivity contribution in [3.05, 3.63) is 29.8 Å². The van der Waals surface area contributed by atoms with E-state index in [1.54, 1.807) is 0 Å². The molecular weight excluding hydrogens is 256 g/mol. The van der Waals surface area contributed by atoms with Crippen molar-refractivity contribution in [2.24, 2.45) is 5.92 Å². The highest BCUT2D eigenvalue weighted by molar-refractivity contribution is 7.98. The zero-order valence-electron chi connectivity index (χ0n) is 11.6. The first-order valence-corrected chi connectivity index (χ1v) is 8.21. The maximum absolute atomic E-state index is 12.3. The summed E-state index contributed by atoms with van der Waals surface area (Å²) < 4.78 is 0. The number of hydrogen-bond acceptors (Lipinski definition) is 3. The molecule has 0 aromatic heterocycles. The normalized spacial score (nSPS) is 19.2. The van der Waals surface area contributed by atoms with Gasteiger partial charge in [0.15, 0.2) is 0 Å². The molecule has 1 aromatic rings.